The Bertz CT molecular complexity index is 2480. The van der Waals surface area contributed by atoms with Gasteiger partial charge >= 0.3 is 0 Å². The van der Waals surface area contributed by atoms with Gasteiger partial charge in [-0.25, -0.2) is 0 Å². The molecular formula is C51H38. The molecule has 0 fully saturated rings. The molecule has 0 aliphatic heterocycles. The lowest BCUT2D eigenvalue weighted by Gasteiger charge is -2.22. The van der Waals surface area contributed by atoms with Gasteiger partial charge < -0.3 is 0 Å². The molecule has 0 radical (unpaired) electrons. The van der Waals surface area contributed by atoms with Crippen LogP contribution in [0.2, 0.25) is 0 Å². The van der Waals surface area contributed by atoms with Gasteiger partial charge in [-0.15, -0.1) is 0 Å². The van der Waals surface area contributed by atoms with Crippen molar-refractivity contribution in [1.82, 2.24) is 0 Å². The second kappa shape index (κ2) is 12.6. The van der Waals surface area contributed by atoms with Crippen LogP contribution in [0.1, 0.15) is 25.0 Å². The highest BCUT2D eigenvalue weighted by Gasteiger charge is 2.35. The summed E-state index contributed by atoms with van der Waals surface area (Å²) in [6.07, 6.45) is 0. The maximum atomic E-state index is 2.41. The Labute approximate surface area is 301 Å². The van der Waals surface area contributed by atoms with Gasteiger partial charge in [-0.2, -0.15) is 0 Å². The van der Waals surface area contributed by atoms with Crippen molar-refractivity contribution in [3.63, 3.8) is 0 Å². The number of rotatable bonds is 6. The maximum Gasteiger partial charge on any atom is 0.0159 e. The molecule has 1 aliphatic carbocycles. The van der Waals surface area contributed by atoms with Crippen LogP contribution in [0, 0.1) is 0 Å². The first-order chi connectivity index (χ1) is 25.0. The molecule has 9 rings (SSSR count). The van der Waals surface area contributed by atoms with Crippen LogP contribution < -0.4 is 0 Å². The Hall–Kier alpha value is -6.24. The molecule has 0 saturated heterocycles. The number of hydrogen-bond donors (Lipinski definition) is 0. The van der Waals surface area contributed by atoms with Gasteiger partial charge in [0.1, 0.15) is 0 Å². The molecule has 0 N–H and O–H groups in total. The van der Waals surface area contributed by atoms with E-state index < -0.39 is 0 Å². The van der Waals surface area contributed by atoms with Gasteiger partial charge in [0.05, 0.1) is 0 Å². The van der Waals surface area contributed by atoms with Crippen molar-refractivity contribution < 1.29 is 0 Å². The van der Waals surface area contributed by atoms with E-state index in [-0.39, 0.29) is 5.41 Å². The number of benzene rings is 8. The fraction of sp³-hybridized carbons (Fsp3) is 0.0588. The van der Waals surface area contributed by atoms with Crippen LogP contribution in [-0.2, 0) is 5.41 Å². The molecular weight excluding hydrogens is 613 g/mol. The smallest absolute Gasteiger partial charge is 0.0159 e. The summed E-state index contributed by atoms with van der Waals surface area (Å²) >= 11 is 0. The Balaban J connectivity index is 0.934. The van der Waals surface area contributed by atoms with E-state index in [2.05, 4.69) is 208 Å². The highest BCUT2D eigenvalue weighted by Crippen LogP contribution is 2.50. The lowest BCUT2D eigenvalue weighted by molar-refractivity contribution is 0.661. The average Bonchev–Trinajstić information content (AvgIpc) is 3.43. The van der Waals surface area contributed by atoms with E-state index >= 15 is 0 Å². The third kappa shape index (κ3) is 5.60. The Morgan fingerprint density at radius 1 is 0.235 bits per heavy atom. The van der Waals surface area contributed by atoms with Crippen molar-refractivity contribution in [3.05, 3.63) is 205 Å². The molecule has 8 aromatic carbocycles. The van der Waals surface area contributed by atoms with Crippen molar-refractivity contribution >= 4 is 0 Å². The van der Waals surface area contributed by atoms with E-state index in [1.807, 2.05) is 0 Å². The topological polar surface area (TPSA) is 0 Å². The zero-order valence-corrected chi connectivity index (χ0v) is 29.0. The summed E-state index contributed by atoms with van der Waals surface area (Å²) in [6.45, 7) is 4.73. The lowest BCUT2D eigenvalue weighted by Crippen LogP contribution is -2.15. The lowest BCUT2D eigenvalue weighted by atomic mass is 9.81. The van der Waals surface area contributed by atoms with Crippen LogP contribution in [0.3, 0.4) is 0 Å². The van der Waals surface area contributed by atoms with E-state index in [9.17, 15) is 0 Å². The molecule has 1 aliphatic rings. The first kappa shape index (κ1) is 30.8. The Kier molecular flexibility index (Phi) is 7.59. The molecule has 51 heavy (non-hydrogen) atoms. The average molecular weight is 651 g/mol. The molecule has 242 valence electrons. The third-order valence-electron chi connectivity index (χ3n) is 10.8. The highest BCUT2D eigenvalue weighted by atomic mass is 14.4. The quantitative estimate of drug-likeness (QED) is 0.168. The molecule has 0 heterocycles. The minimum Gasteiger partial charge on any atom is -0.0622 e. The predicted molar refractivity (Wildman–Crippen MR) is 217 cm³/mol. The zero-order chi connectivity index (χ0) is 34.4. The first-order valence-corrected chi connectivity index (χ1v) is 17.8. The normalized spacial score (nSPS) is 12.7. The summed E-state index contributed by atoms with van der Waals surface area (Å²) in [5.41, 5.74) is 20.3. The van der Waals surface area contributed by atoms with Crippen LogP contribution in [0.5, 0.6) is 0 Å². The van der Waals surface area contributed by atoms with Gasteiger partial charge in [0.15, 0.2) is 0 Å². The Morgan fingerprint density at radius 3 is 0.922 bits per heavy atom. The van der Waals surface area contributed by atoms with Crippen molar-refractivity contribution in [1.29, 1.82) is 0 Å². The van der Waals surface area contributed by atoms with E-state index in [0.29, 0.717) is 0 Å². The van der Waals surface area contributed by atoms with Crippen molar-refractivity contribution in [2.24, 2.45) is 0 Å². The standard InChI is InChI=1S/C51H38/c1-51(2)49-33-43(35-11-5-3-6-12-35)29-31-47(49)48-32-30-44(34-50(48)51)40-23-21-38(22-24-40)36-17-19-37(20-18-36)39-25-27-42(28-26-39)46-16-10-9-15-45(46)41-13-7-4-8-14-41/h3-34H,1-2H3. The number of fused-ring (bicyclic) bond motifs is 3. The summed E-state index contributed by atoms with van der Waals surface area (Å²) in [6, 6.07) is 70.9. The van der Waals surface area contributed by atoms with Crippen LogP contribution in [0.15, 0.2) is 194 Å². The molecule has 0 amide bonds. The van der Waals surface area contributed by atoms with E-state index in [1.54, 1.807) is 0 Å². The molecule has 0 heteroatoms. The molecule has 0 saturated carbocycles. The summed E-state index contributed by atoms with van der Waals surface area (Å²) in [7, 11) is 0. The fourth-order valence-electron chi connectivity index (χ4n) is 7.88. The minimum atomic E-state index is -0.0693. The molecule has 0 unspecified atom stereocenters. The molecule has 0 bridgehead atoms. The Morgan fingerprint density at radius 2 is 0.510 bits per heavy atom. The van der Waals surface area contributed by atoms with Gasteiger partial charge in [-0.1, -0.05) is 196 Å². The van der Waals surface area contributed by atoms with E-state index in [0.717, 1.165) is 0 Å². The summed E-state index contributed by atoms with van der Waals surface area (Å²) in [4.78, 5) is 0. The second-order valence-corrected chi connectivity index (χ2v) is 14.2. The molecule has 0 atom stereocenters. The van der Waals surface area contributed by atoms with Gasteiger partial charge in [-0.05, 0) is 101 Å². The maximum absolute atomic E-state index is 2.41. The zero-order valence-electron chi connectivity index (χ0n) is 29.0. The minimum absolute atomic E-state index is 0.0693. The largest absolute Gasteiger partial charge is 0.0622 e. The van der Waals surface area contributed by atoms with E-state index in [1.165, 1.54) is 89.0 Å². The summed E-state index contributed by atoms with van der Waals surface area (Å²) in [5, 5.41) is 0. The van der Waals surface area contributed by atoms with E-state index in [4.69, 9.17) is 0 Å². The van der Waals surface area contributed by atoms with Crippen LogP contribution in [-0.4, -0.2) is 0 Å². The van der Waals surface area contributed by atoms with Crippen LogP contribution in [0.25, 0.3) is 77.9 Å². The van der Waals surface area contributed by atoms with Gasteiger partial charge in [0.25, 0.3) is 0 Å². The van der Waals surface area contributed by atoms with Crippen molar-refractivity contribution in [2.75, 3.05) is 0 Å². The van der Waals surface area contributed by atoms with Crippen LogP contribution >= 0.6 is 0 Å². The van der Waals surface area contributed by atoms with Crippen molar-refractivity contribution in [2.45, 2.75) is 19.3 Å². The molecule has 0 nitrogen and oxygen atoms in total. The fourth-order valence-corrected chi connectivity index (χ4v) is 7.88. The van der Waals surface area contributed by atoms with Gasteiger partial charge in [-0.3, -0.25) is 0 Å². The SMILES string of the molecule is CC1(C)c2cc(-c3ccccc3)ccc2-c2ccc(-c3ccc(-c4ccc(-c5ccc(-c6ccccc6-c6ccccc6)cc5)cc4)cc3)cc21. The second-order valence-electron chi connectivity index (χ2n) is 14.2. The first-order valence-electron chi connectivity index (χ1n) is 17.8. The van der Waals surface area contributed by atoms with Gasteiger partial charge in [0.2, 0.25) is 0 Å². The highest BCUT2D eigenvalue weighted by molar-refractivity contribution is 5.87. The molecule has 0 aromatic heterocycles. The third-order valence-corrected chi connectivity index (χ3v) is 10.8. The summed E-state index contributed by atoms with van der Waals surface area (Å²) in [5.74, 6) is 0. The molecule has 8 aromatic rings. The number of hydrogen-bond acceptors (Lipinski definition) is 0. The van der Waals surface area contributed by atoms with Crippen molar-refractivity contribution in [3.8, 4) is 77.9 Å². The van der Waals surface area contributed by atoms with Gasteiger partial charge in [0, 0.05) is 5.41 Å². The predicted octanol–water partition coefficient (Wildman–Crippen LogP) is 14.0. The van der Waals surface area contributed by atoms with Crippen LogP contribution in [0.4, 0.5) is 0 Å². The monoisotopic (exact) mass is 650 g/mol. The summed E-state index contributed by atoms with van der Waals surface area (Å²) < 4.78 is 0. The molecule has 0 spiro atoms.